The third kappa shape index (κ3) is 3.72. The normalized spacial score (nSPS) is 12.2. The van der Waals surface area contributed by atoms with Crippen molar-refractivity contribution >= 4 is 5.91 Å². The Labute approximate surface area is 165 Å². The van der Waals surface area contributed by atoms with Crippen LogP contribution < -0.4 is 9.47 Å². The summed E-state index contributed by atoms with van der Waals surface area (Å²) >= 11 is 0. The van der Waals surface area contributed by atoms with Crippen LogP contribution in [0.5, 0.6) is 11.5 Å². The molecule has 28 heavy (non-hydrogen) atoms. The maximum absolute atomic E-state index is 13.1. The van der Waals surface area contributed by atoms with Crippen molar-refractivity contribution in [1.29, 1.82) is 0 Å². The van der Waals surface area contributed by atoms with Gasteiger partial charge >= 0.3 is 0 Å². The van der Waals surface area contributed by atoms with Gasteiger partial charge in [0.1, 0.15) is 0 Å². The first-order chi connectivity index (χ1) is 13.6. The highest BCUT2D eigenvalue weighted by molar-refractivity contribution is 5.95. The van der Waals surface area contributed by atoms with E-state index in [2.05, 4.69) is 0 Å². The summed E-state index contributed by atoms with van der Waals surface area (Å²) in [5.41, 5.74) is 3.89. The summed E-state index contributed by atoms with van der Waals surface area (Å²) < 4.78 is 10.8. The van der Waals surface area contributed by atoms with Crippen LogP contribution in [0.4, 0.5) is 0 Å². The minimum Gasteiger partial charge on any atom is -0.454 e. The highest BCUT2D eigenvalue weighted by Crippen LogP contribution is 2.35. The Hall–Kier alpha value is -3.27. The summed E-state index contributed by atoms with van der Waals surface area (Å²) in [5.74, 6) is 1.56. The fourth-order valence-electron chi connectivity index (χ4n) is 3.32. The number of carbonyl (C=O) groups is 1. The fraction of sp³-hybridized carbons (Fsp3) is 0.208. The lowest BCUT2D eigenvalue weighted by atomic mass is 10.0. The molecule has 0 spiro atoms. The first kappa shape index (κ1) is 18.1. The summed E-state index contributed by atoms with van der Waals surface area (Å²) in [5, 5.41) is 0. The highest BCUT2D eigenvalue weighted by atomic mass is 16.7. The van der Waals surface area contributed by atoms with Crippen LogP contribution >= 0.6 is 0 Å². The third-order valence-electron chi connectivity index (χ3n) is 4.92. The van der Waals surface area contributed by atoms with E-state index in [1.54, 1.807) is 0 Å². The molecule has 0 saturated heterocycles. The van der Waals surface area contributed by atoms with Crippen molar-refractivity contribution in [2.24, 2.45) is 0 Å². The molecule has 142 valence electrons. The molecule has 4 heteroatoms. The van der Waals surface area contributed by atoms with Crippen molar-refractivity contribution < 1.29 is 14.3 Å². The molecule has 0 radical (unpaired) electrons. The van der Waals surface area contributed by atoms with Crippen molar-refractivity contribution in [1.82, 2.24) is 4.90 Å². The summed E-state index contributed by atoms with van der Waals surface area (Å²) in [7, 11) is 0. The molecule has 0 bridgehead atoms. The Balaban J connectivity index is 1.54. The average Bonchev–Trinajstić information content (AvgIpc) is 3.20. The van der Waals surface area contributed by atoms with Gasteiger partial charge in [0.25, 0.3) is 5.91 Å². The molecule has 4 rings (SSSR count). The summed E-state index contributed by atoms with van der Waals surface area (Å²) in [4.78, 5) is 15.0. The van der Waals surface area contributed by atoms with Crippen LogP contribution in [-0.2, 0) is 6.54 Å². The monoisotopic (exact) mass is 373 g/mol. The Morgan fingerprint density at radius 2 is 1.57 bits per heavy atom. The van der Waals surface area contributed by atoms with E-state index in [1.807, 2.05) is 91.5 Å². The lowest BCUT2D eigenvalue weighted by Crippen LogP contribution is -2.36. The maximum atomic E-state index is 13.1. The molecule has 0 N–H and O–H groups in total. The van der Waals surface area contributed by atoms with Gasteiger partial charge < -0.3 is 14.4 Å². The lowest BCUT2D eigenvalue weighted by molar-refractivity contribution is 0.0690. The minimum atomic E-state index is 0.0380. The van der Waals surface area contributed by atoms with E-state index in [9.17, 15) is 4.79 Å². The van der Waals surface area contributed by atoms with Gasteiger partial charge in [-0.15, -0.1) is 0 Å². The number of rotatable bonds is 5. The smallest absolute Gasteiger partial charge is 0.254 e. The quantitative estimate of drug-likeness (QED) is 0.622. The molecule has 0 unspecified atom stereocenters. The van der Waals surface area contributed by atoms with E-state index in [-0.39, 0.29) is 18.7 Å². The van der Waals surface area contributed by atoms with E-state index in [0.29, 0.717) is 12.1 Å². The second-order valence-corrected chi connectivity index (χ2v) is 7.16. The fourth-order valence-corrected chi connectivity index (χ4v) is 3.32. The molecule has 4 nitrogen and oxygen atoms in total. The largest absolute Gasteiger partial charge is 0.454 e. The molecule has 0 fully saturated rings. The first-order valence-electron chi connectivity index (χ1n) is 9.47. The topological polar surface area (TPSA) is 38.8 Å². The number of hydrogen-bond donors (Lipinski definition) is 0. The molecule has 0 atom stereocenters. The number of amides is 1. The molecule has 0 aliphatic carbocycles. The standard InChI is InChI=1S/C24H23NO3/c1-17(2)25(15-18-6-4-3-5-7-18)24(26)20-10-8-19(9-11-20)21-12-13-22-23(14-21)28-16-27-22/h3-14,17H,15-16H2,1-2H3. The summed E-state index contributed by atoms with van der Waals surface area (Å²) in [6, 6.07) is 23.8. The molecule has 0 saturated carbocycles. The molecule has 1 aliphatic heterocycles. The molecular formula is C24H23NO3. The second kappa shape index (κ2) is 7.77. The van der Waals surface area contributed by atoms with Crippen molar-refractivity contribution in [2.75, 3.05) is 6.79 Å². The molecule has 3 aromatic rings. The Kier molecular flexibility index (Phi) is 5.02. The van der Waals surface area contributed by atoms with Gasteiger partial charge in [-0.25, -0.2) is 0 Å². The minimum absolute atomic E-state index is 0.0380. The van der Waals surface area contributed by atoms with E-state index in [0.717, 1.165) is 28.2 Å². The van der Waals surface area contributed by atoms with Crippen LogP contribution in [0, 0.1) is 0 Å². The summed E-state index contributed by atoms with van der Waals surface area (Å²) in [6.07, 6.45) is 0. The van der Waals surface area contributed by atoms with Gasteiger partial charge in [-0.3, -0.25) is 4.79 Å². The van der Waals surface area contributed by atoms with Gasteiger partial charge in [0, 0.05) is 18.2 Å². The Morgan fingerprint density at radius 3 is 2.29 bits per heavy atom. The molecular weight excluding hydrogens is 350 g/mol. The van der Waals surface area contributed by atoms with Crippen LogP contribution in [0.25, 0.3) is 11.1 Å². The Bertz CT molecular complexity index is 965. The number of carbonyl (C=O) groups excluding carboxylic acids is 1. The average molecular weight is 373 g/mol. The number of ether oxygens (including phenoxy) is 2. The predicted octanol–water partition coefficient (Wildman–Crippen LogP) is 5.13. The van der Waals surface area contributed by atoms with Crippen LogP contribution in [0.3, 0.4) is 0 Å². The lowest BCUT2D eigenvalue weighted by Gasteiger charge is -2.27. The SMILES string of the molecule is CC(C)N(Cc1ccccc1)C(=O)c1ccc(-c2ccc3c(c2)OCO3)cc1. The highest BCUT2D eigenvalue weighted by Gasteiger charge is 2.19. The van der Waals surface area contributed by atoms with E-state index in [1.165, 1.54) is 0 Å². The molecule has 1 aliphatic rings. The number of benzene rings is 3. The number of fused-ring (bicyclic) bond motifs is 1. The maximum Gasteiger partial charge on any atom is 0.254 e. The zero-order valence-electron chi connectivity index (χ0n) is 16.1. The zero-order chi connectivity index (χ0) is 19.5. The van der Waals surface area contributed by atoms with Crippen molar-refractivity contribution in [3.8, 4) is 22.6 Å². The van der Waals surface area contributed by atoms with Crippen molar-refractivity contribution in [2.45, 2.75) is 26.4 Å². The molecule has 1 amide bonds. The van der Waals surface area contributed by atoms with Gasteiger partial charge in [-0.2, -0.15) is 0 Å². The van der Waals surface area contributed by atoms with E-state index >= 15 is 0 Å². The molecule has 3 aromatic carbocycles. The van der Waals surface area contributed by atoms with Crippen molar-refractivity contribution in [3.05, 3.63) is 83.9 Å². The van der Waals surface area contributed by atoms with Crippen LogP contribution in [-0.4, -0.2) is 23.6 Å². The van der Waals surface area contributed by atoms with Gasteiger partial charge in [0.05, 0.1) is 0 Å². The van der Waals surface area contributed by atoms with E-state index < -0.39 is 0 Å². The van der Waals surface area contributed by atoms with Crippen LogP contribution in [0.2, 0.25) is 0 Å². The molecule has 0 aromatic heterocycles. The predicted molar refractivity (Wildman–Crippen MR) is 109 cm³/mol. The van der Waals surface area contributed by atoms with Gasteiger partial charge in [-0.1, -0.05) is 48.5 Å². The second-order valence-electron chi connectivity index (χ2n) is 7.16. The van der Waals surface area contributed by atoms with Crippen molar-refractivity contribution in [3.63, 3.8) is 0 Å². The first-order valence-corrected chi connectivity index (χ1v) is 9.47. The third-order valence-corrected chi connectivity index (χ3v) is 4.92. The van der Waals surface area contributed by atoms with Gasteiger partial charge in [0.15, 0.2) is 11.5 Å². The van der Waals surface area contributed by atoms with Gasteiger partial charge in [-0.05, 0) is 54.8 Å². The number of hydrogen-bond acceptors (Lipinski definition) is 3. The van der Waals surface area contributed by atoms with E-state index in [4.69, 9.17) is 9.47 Å². The summed E-state index contributed by atoms with van der Waals surface area (Å²) in [6.45, 7) is 4.95. The van der Waals surface area contributed by atoms with Crippen LogP contribution in [0.1, 0.15) is 29.8 Å². The van der Waals surface area contributed by atoms with Gasteiger partial charge in [0.2, 0.25) is 6.79 Å². The number of nitrogens with zero attached hydrogens (tertiary/aromatic N) is 1. The molecule has 1 heterocycles. The Morgan fingerprint density at radius 1 is 0.893 bits per heavy atom. The van der Waals surface area contributed by atoms with Crippen LogP contribution in [0.15, 0.2) is 72.8 Å². The zero-order valence-corrected chi connectivity index (χ0v) is 16.1.